The summed E-state index contributed by atoms with van der Waals surface area (Å²) in [5.74, 6) is 3.36. The Morgan fingerprint density at radius 1 is 1.15 bits per heavy atom. The Morgan fingerprint density at radius 2 is 1.85 bits per heavy atom. The number of methoxy groups -OCH3 is 2. The van der Waals surface area contributed by atoms with E-state index in [1.54, 1.807) is 37.5 Å². The van der Waals surface area contributed by atoms with Gasteiger partial charge >= 0.3 is 0 Å². The first-order chi connectivity index (χ1) is 12.7. The highest BCUT2D eigenvalue weighted by Crippen LogP contribution is 2.34. The molecule has 0 spiro atoms. The van der Waals surface area contributed by atoms with Crippen molar-refractivity contribution in [2.45, 2.75) is 6.42 Å². The van der Waals surface area contributed by atoms with E-state index < -0.39 is 0 Å². The molecule has 2 heterocycles. The van der Waals surface area contributed by atoms with Gasteiger partial charge in [0.1, 0.15) is 29.3 Å². The average Bonchev–Trinajstić information content (AvgIpc) is 3.14. The third-order valence-electron chi connectivity index (χ3n) is 3.46. The van der Waals surface area contributed by atoms with Crippen LogP contribution in [-0.2, 0) is 6.42 Å². The maximum absolute atomic E-state index is 5.78. The van der Waals surface area contributed by atoms with E-state index in [4.69, 9.17) is 21.1 Å². The number of benzene rings is 1. The molecule has 2 aromatic heterocycles. The van der Waals surface area contributed by atoms with Crippen molar-refractivity contribution in [1.82, 2.24) is 24.7 Å². The number of aromatic nitrogens is 5. The second-order valence-electron chi connectivity index (χ2n) is 5.05. The molecule has 10 heteroatoms. The molecule has 3 rings (SSSR count). The monoisotopic (exact) mass is 392 g/mol. The molecule has 3 aromatic rings. The Labute approximate surface area is 160 Å². The van der Waals surface area contributed by atoms with Crippen LogP contribution in [0.1, 0.15) is 5.82 Å². The maximum atomic E-state index is 5.78. The third-order valence-corrected chi connectivity index (χ3v) is 4.39. The largest absolute Gasteiger partial charge is 0.494 e. The molecule has 136 valence electrons. The Hall–Kier alpha value is -2.52. The minimum absolute atomic E-state index is 0.526. The van der Waals surface area contributed by atoms with Crippen molar-refractivity contribution in [2.75, 3.05) is 24.7 Å². The van der Waals surface area contributed by atoms with Gasteiger partial charge in [0, 0.05) is 24.6 Å². The molecule has 0 fully saturated rings. The number of aryl methyl sites for hydroxylation is 1. The smallest absolute Gasteiger partial charge is 0.239 e. The summed E-state index contributed by atoms with van der Waals surface area (Å²) in [6.07, 6.45) is 5.48. The van der Waals surface area contributed by atoms with Crippen LogP contribution in [0.5, 0.6) is 11.5 Å². The van der Waals surface area contributed by atoms with Crippen molar-refractivity contribution in [2.24, 2.45) is 0 Å². The van der Waals surface area contributed by atoms with Gasteiger partial charge in [0.15, 0.2) is 0 Å². The van der Waals surface area contributed by atoms with Crippen LogP contribution in [0.4, 0.5) is 5.95 Å². The molecule has 1 aromatic carbocycles. The fourth-order valence-corrected chi connectivity index (χ4v) is 3.02. The summed E-state index contributed by atoms with van der Waals surface area (Å²) in [6.45, 7) is 0. The number of hydrogen-bond donors (Lipinski definition) is 1. The minimum atomic E-state index is 0.526. The van der Waals surface area contributed by atoms with Gasteiger partial charge in [0.2, 0.25) is 5.95 Å². The summed E-state index contributed by atoms with van der Waals surface area (Å²) in [5.41, 5.74) is 0.728. The van der Waals surface area contributed by atoms with Gasteiger partial charge in [-0.25, -0.2) is 9.97 Å². The lowest BCUT2D eigenvalue weighted by Gasteiger charge is -2.15. The fraction of sp³-hybridized carbons (Fsp3) is 0.250. The van der Waals surface area contributed by atoms with Crippen LogP contribution < -0.4 is 14.2 Å². The van der Waals surface area contributed by atoms with Crippen LogP contribution in [0.3, 0.4) is 0 Å². The van der Waals surface area contributed by atoms with Crippen molar-refractivity contribution in [1.29, 1.82) is 0 Å². The van der Waals surface area contributed by atoms with Crippen LogP contribution in [0.2, 0.25) is 5.02 Å². The zero-order chi connectivity index (χ0) is 18.4. The number of nitrogens with one attached hydrogen (secondary N) is 1. The molecule has 0 saturated carbocycles. The first-order valence-corrected chi connectivity index (χ1v) is 9.05. The van der Waals surface area contributed by atoms with Crippen LogP contribution in [-0.4, -0.2) is 44.7 Å². The first kappa shape index (κ1) is 18.3. The lowest BCUT2D eigenvalue weighted by molar-refractivity contribution is 0.391. The summed E-state index contributed by atoms with van der Waals surface area (Å²) >= 11 is 7.26. The molecule has 0 unspecified atom stereocenters. The van der Waals surface area contributed by atoms with Crippen LogP contribution >= 0.6 is 23.5 Å². The van der Waals surface area contributed by atoms with Gasteiger partial charge in [-0.1, -0.05) is 17.7 Å². The zero-order valence-electron chi connectivity index (χ0n) is 14.2. The van der Waals surface area contributed by atoms with Gasteiger partial charge in [-0.05, 0) is 24.1 Å². The Balaban J connectivity index is 1.69. The number of para-hydroxylation sites is 1. The number of anilines is 1. The molecule has 0 aliphatic rings. The predicted molar refractivity (Wildman–Crippen MR) is 101 cm³/mol. The number of hydrogen-bond acceptors (Lipinski definition) is 8. The van der Waals surface area contributed by atoms with Crippen LogP contribution in [0.25, 0.3) is 5.69 Å². The Kier molecular flexibility index (Phi) is 6.13. The standard InChI is InChI=1S/C16H17ClN6O2S/c1-24-12-4-3-5-13(25-2)15(12)23-10-20-21-16(23)22-26-7-6-14-18-8-11(17)9-19-14/h3-5,8-10H,6-7H2,1-2H3,(H,21,22). The highest BCUT2D eigenvalue weighted by Gasteiger charge is 2.16. The summed E-state index contributed by atoms with van der Waals surface area (Å²) < 4.78 is 15.9. The molecule has 8 nitrogen and oxygen atoms in total. The second-order valence-corrected chi connectivity index (χ2v) is 6.39. The summed E-state index contributed by atoms with van der Waals surface area (Å²) in [5, 5.41) is 8.63. The highest BCUT2D eigenvalue weighted by molar-refractivity contribution is 8.00. The van der Waals surface area contributed by atoms with Gasteiger partial charge < -0.3 is 9.47 Å². The van der Waals surface area contributed by atoms with E-state index in [9.17, 15) is 0 Å². The Bertz CT molecular complexity index is 836. The molecule has 0 amide bonds. The average molecular weight is 393 g/mol. The predicted octanol–water partition coefficient (Wildman–Crippen LogP) is 3.03. The lowest BCUT2D eigenvalue weighted by atomic mass is 10.2. The quantitative estimate of drug-likeness (QED) is 0.462. The van der Waals surface area contributed by atoms with E-state index in [-0.39, 0.29) is 0 Å². The van der Waals surface area contributed by atoms with E-state index in [0.29, 0.717) is 28.9 Å². The van der Waals surface area contributed by atoms with Crippen LogP contribution in [0, 0.1) is 0 Å². The van der Waals surface area contributed by atoms with E-state index in [1.165, 1.54) is 11.9 Å². The van der Waals surface area contributed by atoms with Gasteiger partial charge in [-0.2, -0.15) is 0 Å². The van der Waals surface area contributed by atoms with Crippen molar-refractivity contribution >= 4 is 29.5 Å². The molecule has 1 N–H and O–H groups in total. The van der Waals surface area contributed by atoms with Crippen molar-refractivity contribution < 1.29 is 9.47 Å². The first-order valence-electron chi connectivity index (χ1n) is 7.68. The number of nitrogens with zero attached hydrogens (tertiary/aromatic N) is 5. The lowest BCUT2D eigenvalue weighted by Crippen LogP contribution is -2.05. The molecule has 0 aliphatic carbocycles. The molecule has 0 bridgehead atoms. The topological polar surface area (TPSA) is 87.0 Å². The third kappa shape index (κ3) is 4.17. The van der Waals surface area contributed by atoms with Crippen LogP contribution in [0.15, 0.2) is 36.9 Å². The van der Waals surface area contributed by atoms with E-state index >= 15 is 0 Å². The summed E-state index contributed by atoms with van der Waals surface area (Å²) in [6, 6.07) is 5.57. The van der Waals surface area contributed by atoms with Gasteiger partial charge in [0.05, 0.1) is 19.2 Å². The molecule has 0 aliphatic heterocycles. The van der Waals surface area contributed by atoms with Crippen molar-refractivity contribution in [3.05, 3.63) is 47.8 Å². The second kappa shape index (κ2) is 8.72. The van der Waals surface area contributed by atoms with Gasteiger partial charge in [-0.3, -0.25) is 9.29 Å². The van der Waals surface area contributed by atoms with Gasteiger partial charge in [-0.15, -0.1) is 10.2 Å². The summed E-state index contributed by atoms with van der Waals surface area (Å²) in [4.78, 5) is 8.35. The molecule has 0 radical (unpaired) electrons. The van der Waals surface area contributed by atoms with E-state index in [1.807, 2.05) is 18.2 Å². The fourth-order valence-electron chi connectivity index (χ4n) is 2.26. The summed E-state index contributed by atoms with van der Waals surface area (Å²) in [7, 11) is 3.22. The number of rotatable bonds is 8. The number of halogens is 1. The minimum Gasteiger partial charge on any atom is -0.494 e. The van der Waals surface area contributed by atoms with Crippen molar-refractivity contribution in [3.8, 4) is 17.2 Å². The van der Waals surface area contributed by atoms with E-state index in [0.717, 1.165) is 17.3 Å². The molecular formula is C16H17ClN6O2S. The van der Waals surface area contributed by atoms with Gasteiger partial charge in [0.25, 0.3) is 0 Å². The molecule has 0 atom stereocenters. The highest BCUT2D eigenvalue weighted by atomic mass is 35.5. The molecular weight excluding hydrogens is 376 g/mol. The SMILES string of the molecule is COc1cccc(OC)c1-n1cnnc1NSCCc1ncc(Cl)cn1. The number of ether oxygens (including phenoxy) is 2. The maximum Gasteiger partial charge on any atom is 0.239 e. The Morgan fingerprint density at radius 3 is 2.50 bits per heavy atom. The normalized spacial score (nSPS) is 10.6. The molecule has 26 heavy (non-hydrogen) atoms. The molecule has 0 saturated heterocycles. The van der Waals surface area contributed by atoms with Crippen molar-refractivity contribution in [3.63, 3.8) is 0 Å². The van der Waals surface area contributed by atoms with E-state index in [2.05, 4.69) is 24.9 Å². The zero-order valence-corrected chi connectivity index (χ0v) is 15.8.